The number of hydrogen-bond acceptors (Lipinski definition) is 4. The molecule has 0 saturated carbocycles. The number of carbonyl (C=O) groups is 1. The molecule has 140 valence electrons. The Morgan fingerprint density at radius 2 is 1.81 bits per heavy atom. The highest BCUT2D eigenvalue weighted by molar-refractivity contribution is 5.86. The number of anilines is 2. The molecule has 4 rings (SSSR count). The van der Waals surface area contributed by atoms with Gasteiger partial charge in [0.15, 0.2) is 0 Å². The molecule has 0 N–H and O–H groups in total. The zero-order chi connectivity index (χ0) is 19.4. The van der Waals surface area contributed by atoms with Gasteiger partial charge in [0.05, 0.1) is 5.41 Å². The normalized spacial score (nSPS) is 22.7. The van der Waals surface area contributed by atoms with Crippen LogP contribution >= 0.6 is 0 Å². The summed E-state index contributed by atoms with van der Waals surface area (Å²) in [6.45, 7) is 6.69. The van der Waals surface area contributed by atoms with E-state index in [2.05, 4.69) is 85.2 Å². The molecule has 0 radical (unpaired) electrons. The van der Waals surface area contributed by atoms with Gasteiger partial charge in [0.2, 0.25) is 5.72 Å². The fourth-order valence-electron chi connectivity index (χ4n) is 4.24. The van der Waals surface area contributed by atoms with Gasteiger partial charge >= 0.3 is 5.97 Å². The lowest BCUT2D eigenvalue weighted by Gasteiger charge is -2.38. The molecule has 0 amide bonds. The molecule has 1 atom stereocenters. The number of nitrogens with zero attached hydrogens (tertiary/aromatic N) is 2. The summed E-state index contributed by atoms with van der Waals surface area (Å²) in [6, 6.07) is 14.8. The Kier molecular flexibility index (Phi) is 3.84. The summed E-state index contributed by atoms with van der Waals surface area (Å²) < 4.78 is 5.99. The highest BCUT2D eigenvalue weighted by atomic mass is 16.6. The Hall–Kier alpha value is -2.75. The monoisotopic (exact) mass is 362 g/mol. The number of fused-ring (bicyclic) bond motifs is 3. The summed E-state index contributed by atoms with van der Waals surface area (Å²) in [5, 5.41) is 0. The second kappa shape index (κ2) is 5.88. The zero-order valence-electron chi connectivity index (χ0n) is 16.6. The average molecular weight is 362 g/mol. The van der Waals surface area contributed by atoms with E-state index in [-0.39, 0.29) is 17.9 Å². The van der Waals surface area contributed by atoms with Crippen LogP contribution in [-0.4, -0.2) is 32.3 Å². The molecule has 2 heterocycles. The SMILES string of the molecule is Cc1ccc2c(c1)C(C)(C)C1(/C=C/c3ccc(N(C)C)cc3)OC(=O)CN21. The van der Waals surface area contributed by atoms with E-state index in [1.807, 2.05) is 14.1 Å². The molecule has 2 aromatic rings. The van der Waals surface area contributed by atoms with Crippen LogP contribution in [0.3, 0.4) is 0 Å². The maximum Gasteiger partial charge on any atom is 0.328 e. The van der Waals surface area contributed by atoms with E-state index in [0.29, 0.717) is 0 Å². The van der Waals surface area contributed by atoms with E-state index in [1.54, 1.807) is 0 Å². The van der Waals surface area contributed by atoms with E-state index in [4.69, 9.17) is 4.74 Å². The Balaban J connectivity index is 1.76. The Labute approximate surface area is 161 Å². The Morgan fingerprint density at radius 1 is 1.11 bits per heavy atom. The van der Waals surface area contributed by atoms with Crippen LogP contribution in [0.2, 0.25) is 0 Å². The summed E-state index contributed by atoms with van der Waals surface area (Å²) in [5.74, 6) is -0.179. The minimum absolute atomic E-state index is 0.179. The van der Waals surface area contributed by atoms with Crippen LogP contribution in [0.4, 0.5) is 11.4 Å². The first kappa shape index (κ1) is 17.7. The van der Waals surface area contributed by atoms with Gasteiger partial charge in [-0.2, -0.15) is 0 Å². The number of carbonyl (C=O) groups excluding carboxylic acids is 1. The highest BCUT2D eigenvalue weighted by Gasteiger charge is 2.62. The lowest BCUT2D eigenvalue weighted by Crippen LogP contribution is -2.51. The third-order valence-corrected chi connectivity index (χ3v) is 5.88. The van der Waals surface area contributed by atoms with Crippen molar-refractivity contribution in [2.75, 3.05) is 30.4 Å². The van der Waals surface area contributed by atoms with Crippen LogP contribution in [-0.2, 0) is 14.9 Å². The summed E-state index contributed by atoms with van der Waals surface area (Å²) in [5.41, 5.74) is 4.63. The van der Waals surface area contributed by atoms with Crippen LogP contribution in [0.25, 0.3) is 6.08 Å². The molecule has 2 aromatic carbocycles. The largest absolute Gasteiger partial charge is 0.433 e. The predicted octanol–water partition coefficient (Wildman–Crippen LogP) is 4.13. The minimum Gasteiger partial charge on any atom is -0.433 e. The van der Waals surface area contributed by atoms with Gasteiger partial charge in [0.1, 0.15) is 6.54 Å². The molecule has 1 unspecified atom stereocenters. The van der Waals surface area contributed by atoms with Crippen LogP contribution < -0.4 is 9.80 Å². The van der Waals surface area contributed by atoms with E-state index >= 15 is 0 Å². The smallest absolute Gasteiger partial charge is 0.328 e. The van der Waals surface area contributed by atoms with Crippen molar-refractivity contribution in [1.82, 2.24) is 0 Å². The summed E-state index contributed by atoms with van der Waals surface area (Å²) in [4.78, 5) is 16.4. The average Bonchev–Trinajstić information content (AvgIpc) is 3.05. The molecule has 0 aliphatic carbocycles. The molecule has 2 aliphatic rings. The maximum atomic E-state index is 12.3. The van der Waals surface area contributed by atoms with Crippen molar-refractivity contribution in [3.05, 3.63) is 65.2 Å². The summed E-state index contributed by atoms with van der Waals surface area (Å²) >= 11 is 0. The Morgan fingerprint density at radius 3 is 2.48 bits per heavy atom. The van der Waals surface area contributed by atoms with Crippen molar-refractivity contribution in [3.8, 4) is 0 Å². The van der Waals surface area contributed by atoms with Crippen LogP contribution in [0.5, 0.6) is 0 Å². The molecular formula is C23H26N2O2. The number of rotatable bonds is 3. The van der Waals surface area contributed by atoms with Gasteiger partial charge in [-0.1, -0.05) is 35.9 Å². The number of ether oxygens (including phenoxy) is 1. The molecule has 1 saturated heterocycles. The third-order valence-electron chi connectivity index (χ3n) is 5.88. The first-order valence-corrected chi connectivity index (χ1v) is 9.32. The van der Waals surface area contributed by atoms with Gasteiger partial charge in [0, 0.05) is 25.5 Å². The zero-order valence-corrected chi connectivity index (χ0v) is 16.6. The standard InChI is InChI=1S/C23H26N2O2/c1-16-6-11-20-19(14-16)22(2,3)23(25(20)15-21(26)27-23)13-12-17-7-9-18(10-8-17)24(4)5/h6-14H,15H2,1-5H3/b13-12+. The number of esters is 1. The molecule has 4 heteroatoms. The second-order valence-electron chi connectivity index (χ2n) is 8.22. The first-order valence-electron chi connectivity index (χ1n) is 9.32. The molecule has 1 fully saturated rings. The number of hydrogen-bond donors (Lipinski definition) is 0. The van der Waals surface area contributed by atoms with Gasteiger partial charge < -0.3 is 14.5 Å². The van der Waals surface area contributed by atoms with Crippen LogP contribution in [0, 0.1) is 6.92 Å². The Bertz CT molecular complexity index is 928. The fraction of sp³-hybridized carbons (Fsp3) is 0.348. The van der Waals surface area contributed by atoms with Gasteiger partial charge in [-0.3, -0.25) is 4.79 Å². The molecule has 0 aromatic heterocycles. The van der Waals surface area contributed by atoms with Crippen molar-refractivity contribution in [2.24, 2.45) is 0 Å². The van der Waals surface area contributed by atoms with E-state index in [9.17, 15) is 4.79 Å². The van der Waals surface area contributed by atoms with Crippen molar-refractivity contribution in [2.45, 2.75) is 31.9 Å². The van der Waals surface area contributed by atoms with E-state index in [1.165, 1.54) is 11.1 Å². The van der Waals surface area contributed by atoms with Crippen molar-refractivity contribution < 1.29 is 9.53 Å². The lowest BCUT2D eigenvalue weighted by molar-refractivity contribution is -0.147. The molecule has 2 aliphatic heterocycles. The molecule has 0 spiro atoms. The third kappa shape index (κ3) is 2.54. The van der Waals surface area contributed by atoms with E-state index < -0.39 is 5.72 Å². The lowest BCUT2D eigenvalue weighted by atomic mass is 9.77. The quantitative estimate of drug-likeness (QED) is 0.769. The molecule has 4 nitrogen and oxygen atoms in total. The van der Waals surface area contributed by atoms with Crippen molar-refractivity contribution in [1.29, 1.82) is 0 Å². The van der Waals surface area contributed by atoms with Crippen LogP contribution in [0.15, 0.2) is 48.5 Å². The number of benzene rings is 2. The van der Waals surface area contributed by atoms with Crippen molar-refractivity contribution in [3.63, 3.8) is 0 Å². The van der Waals surface area contributed by atoms with Gasteiger partial charge in [-0.15, -0.1) is 0 Å². The fourth-order valence-corrected chi connectivity index (χ4v) is 4.24. The minimum atomic E-state index is -0.791. The summed E-state index contributed by atoms with van der Waals surface area (Å²) in [6.07, 6.45) is 4.11. The van der Waals surface area contributed by atoms with Gasteiger partial charge in [-0.25, -0.2) is 0 Å². The molecule has 0 bridgehead atoms. The van der Waals surface area contributed by atoms with Crippen LogP contribution in [0.1, 0.15) is 30.5 Å². The first-order chi connectivity index (χ1) is 12.7. The summed E-state index contributed by atoms with van der Waals surface area (Å²) in [7, 11) is 4.06. The number of aryl methyl sites for hydroxylation is 1. The molecule has 27 heavy (non-hydrogen) atoms. The second-order valence-corrected chi connectivity index (χ2v) is 8.22. The predicted molar refractivity (Wildman–Crippen MR) is 110 cm³/mol. The van der Waals surface area contributed by atoms with Gasteiger partial charge in [0.25, 0.3) is 0 Å². The maximum absolute atomic E-state index is 12.3. The van der Waals surface area contributed by atoms with Crippen molar-refractivity contribution >= 4 is 23.4 Å². The highest BCUT2D eigenvalue weighted by Crippen LogP contribution is 2.55. The topological polar surface area (TPSA) is 32.8 Å². The van der Waals surface area contributed by atoms with E-state index in [0.717, 1.165) is 16.9 Å². The molecular weight excluding hydrogens is 336 g/mol. The van der Waals surface area contributed by atoms with Gasteiger partial charge in [-0.05, 0) is 56.2 Å².